The molecule has 0 fully saturated rings. The summed E-state index contributed by atoms with van der Waals surface area (Å²) in [5.41, 5.74) is 3.60. The quantitative estimate of drug-likeness (QED) is 0.430. The monoisotopic (exact) mass is 495 g/mol. The fraction of sp³-hybridized carbons (Fsp3) is 0.120. The van der Waals surface area contributed by atoms with Crippen molar-refractivity contribution in [3.05, 3.63) is 89.2 Å². The molecule has 10 heteroatoms. The molecule has 1 aliphatic heterocycles. The van der Waals surface area contributed by atoms with E-state index in [9.17, 15) is 27.5 Å². The average molecular weight is 496 g/mol. The Kier molecular flexibility index (Phi) is 6.31. The zero-order chi connectivity index (χ0) is 25.3. The van der Waals surface area contributed by atoms with E-state index in [4.69, 9.17) is 0 Å². The van der Waals surface area contributed by atoms with Crippen LogP contribution < -0.4 is 14.9 Å². The number of anilines is 3. The molecule has 0 bridgehead atoms. The maximum Gasteiger partial charge on any atom is 0.307 e. The predicted octanol–water partition coefficient (Wildman–Crippen LogP) is 3.78. The zero-order valence-corrected chi connectivity index (χ0v) is 19.7. The van der Waals surface area contributed by atoms with Gasteiger partial charge in [0.1, 0.15) is 5.82 Å². The highest BCUT2D eigenvalue weighted by Crippen LogP contribution is 2.38. The number of hydrogen-bond acceptors (Lipinski definition) is 5. The summed E-state index contributed by atoms with van der Waals surface area (Å²) < 4.78 is 38.6. The number of carboxylic acids is 1. The SMILES string of the molecule is CN(c1ccc(NC(=C2C(=O)Nc3cc(F)ccc32)c2cccc(CC(=O)O)c2)cc1)S(C)(=O)=O. The molecular weight excluding hydrogens is 473 g/mol. The van der Waals surface area contributed by atoms with Gasteiger partial charge in [-0.15, -0.1) is 0 Å². The molecule has 0 atom stereocenters. The maximum absolute atomic E-state index is 13.8. The second kappa shape index (κ2) is 9.22. The third-order valence-corrected chi connectivity index (χ3v) is 6.75. The van der Waals surface area contributed by atoms with Crippen LogP contribution in [0.3, 0.4) is 0 Å². The Morgan fingerprint density at radius 2 is 1.80 bits per heavy atom. The number of carboxylic acid groups (broad SMARTS) is 1. The molecule has 1 aliphatic rings. The van der Waals surface area contributed by atoms with Crippen LogP contribution in [0.25, 0.3) is 11.3 Å². The van der Waals surface area contributed by atoms with Crippen molar-refractivity contribution in [1.82, 2.24) is 0 Å². The summed E-state index contributed by atoms with van der Waals surface area (Å²) >= 11 is 0. The molecule has 0 aromatic heterocycles. The van der Waals surface area contributed by atoms with Crippen LogP contribution in [0.5, 0.6) is 0 Å². The second-order valence-corrected chi connectivity index (χ2v) is 10.1. The highest BCUT2D eigenvalue weighted by molar-refractivity contribution is 7.92. The van der Waals surface area contributed by atoms with Crippen molar-refractivity contribution in [2.24, 2.45) is 0 Å². The van der Waals surface area contributed by atoms with E-state index in [2.05, 4.69) is 10.6 Å². The Hall–Kier alpha value is -4.18. The molecule has 0 spiro atoms. The van der Waals surface area contributed by atoms with Crippen molar-refractivity contribution in [3.63, 3.8) is 0 Å². The first-order valence-corrected chi connectivity index (χ1v) is 12.4. The van der Waals surface area contributed by atoms with E-state index in [-0.39, 0.29) is 12.0 Å². The standard InChI is InChI=1S/C25H22FN3O5S/c1-29(35(2,33)34)19-9-7-18(8-10-19)27-24(16-5-3-4-15(12-16)13-22(30)31)23-20-11-6-17(26)14-21(20)28-25(23)32/h3-12,14,27H,13H2,1-2H3,(H,28,32)(H,30,31). The van der Waals surface area contributed by atoms with Crippen molar-refractivity contribution < 1.29 is 27.5 Å². The molecular formula is C25H22FN3O5S. The maximum atomic E-state index is 13.8. The number of rotatable bonds is 7. The number of carbonyl (C=O) groups excluding carboxylic acids is 1. The summed E-state index contributed by atoms with van der Waals surface area (Å²) in [6.07, 6.45) is 0.905. The number of sulfonamides is 1. The van der Waals surface area contributed by atoms with Gasteiger partial charge in [0.25, 0.3) is 5.91 Å². The third-order valence-electron chi connectivity index (χ3n) is 5.54. The molecule has 3 N–H and O–H groups in total. The van der Waals surface area contributed by atoms with Crippen LogP contribution in [0.2, 0.25) is 0 Å². The lowest BCUT2D eigenvalue weighted by molar-refractivity contribution is -0.136. The highest BCUT2D eigenvalue weighted by Gasteiger charge is 2.29. The predicted molar refractivity (Wildman–Crippen MR) is 133 cm³/mol. The molecule has 4 rings (SSSR count). The molecule has 35 heavy (non-hydrogen) atoms. The summed E-state index contributed by atoms with van der Waals surface area (Å²) in [6, 6.07) is 17.3. The number of carbonyl (C=O) groups is 2. The minimum absolute atomic E-state index is 0.197. The molecule has 1 amide bonds. The first-order valence-electron chi connectivity index (χ1n) is 10.5. The van der Waals surface area contributed by atoms with Gasteiger partial charge in [-0.25, -0.2) is 12.8 Å². The van der Waals surface area contributed by atoms with E-state index in [1.807, 2.05) is 0 Å². The fourth-order valence-corrected chi connectivity index (χ4v) is 4.28. The van der Waals surface area contributed by atoms with E-state index in [1.54, 1.807) is 48.5 Å². The van der Waals surface area contributed by atoms with E-state index in [0.717, 1.165) is 10.6 Å². The van der Waals surface area contributed by atoms with Crippen molar-refractivity contribution in [2.75, 3.05) is 28.2 Å². The molecule has 0 unspecified atom stereocenters. The number of nitrogens with one attached hydrogen (secondary N) is 2. The lowest BCUT2D eigenvalue weighted by atomic mass is 9.98. The van der Waals surface area contributed by atoms with Crippen molar-refractivity contribution in [3.8, 4) is 0 Å². The summed E-state index contributed by atoms with van der Waals surface area (Å²) in [6.45, 7) is 0. The third kappa shape index (κ3) is 5.17. The lowest BCUT2D eigenvalue weighted by Gasteiger charge is -2.18. The number of hydrogen-bond donors (Lipinski definition) is 3. The lowest BCUT2D eigenvalue weighted by Crippen LogP contribution is -2.24. The van der Waals surface area contributed by atoms with Crippen LogP contribution in [-0.2, 0) is 26.0 Å². The number of amides is 1. The Morgan fingerprint density at radius 1 is 1.09 bits per heavy atom. The summed E-state index contributed by atoms with van der Waals surface area (Å²) in [4.78, 5) is 24.2. The molecule has 180 valence electrons. The molecule has 3 aromatic carbocycles. The molecule has 1 heterocycles. The fourth-order valence-electron chi connectivity index (χ4n) is 3.77. The van der Waals surface area contributed by atoms with Gasteiger partial charge in [-0.1, -0.05) is 18.2 Å². The van der Waals surface area contributed by atoms with Gasteiger partial charge in [-0.05, 0) is 59.7 Å². The van der Waals surface area contributed by atoms with Crippen LogP contribution in [0.1, 0.15) is 16.7 Å². The smallest absolute Gasteiger partial charge is 0.307 e. The highest BCUT2D eigenvalue weighted by atomic mass is 32.2. The molecule has 8 nitrogen and oxygen atoms in total. The molecule has 0 radical (unpaired) electrons. The number of aliphatic carboxylic acids is 1. The van der Waals surface area contributed by atoms with Gasteiger partial charge in [0.15, 0.2) is 0 Å². The molecule has 3 aromatic rings. The van der Waals surface area contributed by atoms with Gasteiger partial charge in [-0.2, -0.15) is 0 Å². The van der Waals surface area contributed by atoms with Gasteiger partial charge in [0.2, 0.25) is 10.0 Å². The number of halogens is 1. The number of fused-ring (bicyclic) bond motifs is 1. The van der Waals surface area contributed by atoms with E-state index in [1.165, 1.54) is 25.2 Å². The Balaban J connectivity index is 1.82. The van der Waals surface area contributed by atoms with Crippen molar-refractivity contribution in [2.45, 2.75) is 6.42 Å². The summed E-state index contributed by atoms with van der Waals surface area (Å²) in [5.74, 6) is -1.92. The Bertz CT molecular complexity index is 1470. The normalized spacial score (nSPS) is 14.2. The average Bonchev–Trinajstić information content (AvgIpc) is 3.11. The van der Waals surface area contributed by atoms with Crippen LogP contribution in [0.15, 0.2) is 66.7 Å². The Morgan fingerprint density at radius 3 is 2.46 bits per heavy atom. The Labute approximate surface area is 201 Å². The first-order chi connectivity index (χ1) is 16.5. The van der Waals surface area contributed by atoms with E-state index >= 15 is 0 Å². The zero-order valence-electron chi connectivity index (χ0n) is 18.9. The largest absolute Gasteiger partial charge is 0.481 e. The van der Waals surface area contributed by atoms with Crippen molar-refractivity contribution in [1.29, 1.82) is 0 Å². The molecule has 0 saturated heterocycles. The van der Waals surface area contributed by atoms with Gasteiger partial charge in [0.05, 0.1) is 35.3 Å². The van der Waals surface area contributed by atoms with Gasteiger partial charge in [0, 0.05) is 18.3 Å². The summed E-state index contributed by atoms with van der Waals surface area (Å²) in [7, 11) is -1.99. The summed E-state index contributed by atoms with van der Waals surface area (Å²) in [5, 5.41) is 15.1. The number of nitrogens with zero attached hydrogens (tertiary/aromatic N) is 1. The second-order valence-electron chi connectivity index (χ2n) is 8.07. The topological polar surface area (TPSA) is 116 Å². The minimum Gasteiger partial charge on any atom is -0.481 e. The molecule has 0 saturated carbocycles. The van der Waals surface area contributed by atoms with Crippen LogP contribution >= 0.6 is 0 Å². The van der Waals surface area contributed by atoms with Gasteiger partial charge in [-0.3, -0.25) is 13.9 Å². The number of benzene rings is 3. The van der Waals surface area contributed by atoms with Crippen LogP contribution in [0, 0.1) is 5.82 Å². The van der Waals surface area contributed by atoms with Crippen LogP contribution in [-0.4, -0.2) is 38.7 Å². The molecule has 0 aliphatic carbocycles. The minimum atomic E-state index is -3.43. The van der Waals surface area contributed by atoms with E-state index in [0.29, 0.717) is 39.4 Å². The van der Waals surface area contributed by atoms with E-state index < -0.39 is 27.7 Å². The first kappa shape index (κ1) is 24.0. The van der Waals surface area contributed by atoms with Gasteiger partial charge < -0.3 is 15.7 Å². The van der Waals surface area contributed by atoms with Crippen molar-refractivity contribution >= 4 is 50.2 Å². The van der Waals surface area contributed by atoms with Crippen LogP contribution in [0.4, 0.5) is 21.5 Å². The van der Waals surface area contributed by atoms with Gasteiger partial charge >= 0.3 is 5.97 Å².